The Labute approximate surface area is 133 Å². The van der Waals surface area contributed by atoms with Crippen LogP contribution in [0.1, 0.15) is 18.9 Å². The third kappa shape index (κ3) is 5.17. The monoisotopic (exact) mass is 317 g/mol. The van der Waals surface area contributed by atoms with Crippen molar-refractivity contribution in [1.29, 1.82) is 0 Å². The summed E-state index contributed by atoms with van der Waals surface area (Å²) in [6, 6.07) is 7.69. The van der Waals surface area contributed by atoms with Crippen molar-refractivity contribution in [3.8, 4) is 11.4 Å². The first kappa shape index (κ1) is 16.6. The van der Waals surface area contributed by atoms with Gasteiger partial charge in [-0.2, -0.15) is 4.80 Å². The summed E-state index contributed by atoms with van der Waals surface area (Å²) < 4.78 is 0. The van der Waals surface area contributed by atoms with Crippen LogP contribution in [0.5, 0.6) is 0 Å². The minimum atomic E-state index is -0.882. The molecule has 1 heterocycles. The van der Waals surface area contributed by atoms with Crippen LogP contribution in [0.3, 0.4) is 0 Å². The number of aryl methyl sites for hydroxylation is 1. The van der Waals surface area contributed by atoms with Gasteiger partial charge in [-0.1, -0.05) is 36.8 Å². The van der Waals surface area contributed by atoms with Crippen molar-refractivity contribution in [3.05, 3.63) is 29.8 Å². The normalized spacial score (nSPS) is 11.9. The van der Waals surface area contributed by atoms with E-state index in [9.17, 15) is 9.59 Å². The van der Waals surface area contributed by atoms with Gasteiger partial charge in [0.2, 0.25) is 11.7 Å². The maximum atomic E-state index is 11.8. The van der Waals surface area contributed by atoms with E-state index in [-0.39, 0.29) is 24.8 Å². The molecule has 0 spiro atoms. The van der Waals surface area contributed by atoms with Gasteiger partial charge in [-0.3, -0.25) is 9.59 Å². The number of tetrazole rings is 1. The highest BCUT2D eigenvalue weighted by molar-refractivity contribution is 5.75. The van der Waals surface area contributed by atoms with E-state index in [1.165, 1.54) is 4.80 Å². The quantitative estimate of drug-likeness (QED) is 0.784. The molecule has 23 heavy (non-hydrogen) atoms. The van der Waals surface area contributed by atoms with Crippen LogP contribution in [-0.2, 0) is 16.1 Å². The third-order valence-electron chi connectivity index (χ3n) is 3.22. The van der Waals surface area contributed by atoms with E-state index in [0.717, 1.165) is 11.1 Å². The van der Waals surface area contributed by atoms with Gasteiger partial charge < -0.3 is 10.4 Å². The summed E-state index contributed by atoms with van der Waals surface area (Å²) in [5, 5.41) is 23.3. The van der Waals surface area contributed by atoms with Crippen molar-refractivity contribution >= 4 is 11.9 Å². The zero-order chi connectivity index (χ0) is 16.8. The number of carbonyl (C=O) groups is 2. The number of rotatable bonds is 7. The standard InChI is InChI=1S/C15H19N5O3/c1-10-3-5-12(6-4-10)15-17-19-20(18-15)9-13(21)16-8-11(2)7-14(22)23/h3-6,11H,7-9H2,1-2H3,(H,16,21)(H,22,23). The van der Waals surface area contributed by atoms with Crippen molar-refractivity contribution in [2.45, 2.75) is 26.8 Å². The lowest BCUT2D eigenvalue weighted by molar-refractivity contribution is -0.138. The molecule has 0 saturated carbocycles. The fraction of sp³-hybridized carbons (Fsp3) is 0.400. The van der Waals surface area contributed by atoms with E-state index < -0.39 is 5.97 Å². The number of carboxylic acid groups (broad SMARTS) is 1. The lowest BCUT2D eigenvalue weighted by Gasteiger charge is -2.09. The molecule has 1 amide bonds. The maximum absolute atomic E-state index is 11.8. The molecule has 0 aliphatic rings. The summed E-state index contributed by atoms with van der Waals surface area (Å²) in [5.41, 5.74) is 1.97. The minimum absolute atomic E-state index is 0.0133. The van der Waals surface area contributed by atoms with Crippen LogP contribution in [0.4, 0.5) is 0 Å². The van der Waals surface area contributed by atoms with Crippen LogP contribution in [0.2, 0.25) is 0 Å². The number of hydrogen-bond acceptors (Lipinski definition) is 5. The first-order valence-electron chi connectivity index (χ1n) is 7.27. The Hall–Kier alpha value is -2.77. The number of aliphatic carboxylic acids is 1. The summed E-state index contributed by atoms with van der Waals surface area (Å²) in [6.07, 6.45) is 0.0133. The molecule has 1 aromatic heterocycles. The van der Waals surface area contributed by atoms with Gasteiger partial charge in [-0.15, -0.1) is 10.2 Å². The van der Waals surface area contributed by atoms with E-state index >= 15 is 0 Å². The van der Waals surface area contributed by atoms with E-state index in [1.807, 2.05) is 31.2 Å². The number of benzene rings is 1. The molecule has 2 aromatic rings. The first-order valence-corrected chi connectivity index (χ1v) is 7.27. The number of carbonyl (C=O) groups excluding carboxylic acids is 1. The molecule has 1 atom stereocenters. The van der Waals surface area contributed by atoms with Crippen LogP contribution in [0, 0.1) is 12.8 Å². The molecule has 0 aliphatic heterocycles. The Kier molecular flexibility index (Phi) is 5.40. The minimum Gasteiger partial charge on any atom is -0.481 e. The number of carboxylic acids is 1. The van der Waals surface area contributed by atoms with Crippen LogP contribution in [0.25, 0.3) is 11.4 Å². The molecule has 8 nitrogen and oxygen atoms in total. The van der Waals surface area contributed by atoms with Crippen LogP contribution >= 0.6 is 0 Å². The van der Waals surface area contributed by atoms with Gasteiger partial charge in [0.05, 0.1) is 0 Å². The summed E-state index contributed by atoms with van der Waals surface area (Å²) in [5.74, 6) is -0.845. The van der Waals surface area contributed by atoms with Gasteiger partial charge in [-0.25, -0.2) is 0 Å². The van der Waals surface area contributed by atoms with Crippen LogP contribution in [-0.4, -0.2) is 43.7 Å². The molecule has 0 aliphatic carbocycles. The van der Waals surface area contributed by atoms with E-state index in [2.05, 4.69) is 20.7 Å². The zero-order valence-corrected chi connectivity index (χ0v) is 13.1. The molecule has 2 N–H and O–H groups in total. The summed E-state index contributed by atoms with van der Waals surface area (Å²) in [4.78, 5) is 23.6. The largest absolute Gasteiger partial charge is 0.481 e. The molecule has 0 saturated heterocycles. The molecule has 122 valence electrons. The Bertz CT molecular complexity index is 681. The third-order valence-corrected chi connectivity index (χ3v) is 3.22. The average molecular weight is 317 g/mol. The molecule has 2 rings (SSSR count). The van der Waals surface area contributed by atoms with Gasteiger partial charge in [-0.05, 0) is 18.1 Å². The molecule has 1 aromatic carbocycles. The Morgan fingerprint density at radius 1 is 1.30 bits per heavy atom. The highest BCUT2D eigenvalue weighted by Crippen LogP contribution is 2.13. The second-order valence-electron chi connectivity index (χ2n) is 5.52. The number of nitrogens with one attached hydrogen (secondary N) is 1. The second-order valence-corrected chi connectivity index (χ2v) is 5.52. The number of nitrogens with zero attached hydrogens (tertiary/aromatic N) is 4. The summed E-state index contributed by atoms with van der Waals surface area (Å²) in [7, 11) is 0. The molecule has 0 radical (unpaired) electrons. The van der Waals surface area contributed by atoms with E-state index in [0.29, 0.717) is 12.4 Å². The molecule has 1 unspecified atom stereocenters. The molecule has 0 bridgehead atoms. The first-order chi connectivity index (χ1) is 10.9. The van der Waals surface area contributed by atoms with Crippen molar-refractivity contribution in [3.63, 3.8) is 0 Å². The highest BCUT2D eigenvalue weighted by Gasteiger charge is 2.12. The van der Waals surface area contributed by atoms with Crippen molar-refractivity contribution in [2.75, 3.05) is 6.54 Å². The number of amides is 1. The zero-order valence-electron chi connectivity index (χ0n) is 13.1. The molecular weight excluding hydrogens is 298 g/mol. The van der Waals surface area contributed by atoms with E-state index in [4.69, 9.17) is 5.11 Å². The lowest BCUT2D eigenvalue weighted by Crippen LogP contribution is -2.32. The topological polar surface area (TPSA) is 110 Å². The van der Waals surface area contributed by atoms with Crippen LogP contribution in [0.15, 0.2) is 24.3 Å². The average Bonchev–Trinajstić information content (AvgIpc) is 2.93. The van der Waals surface area contributed by atoms with Crippen molar-refractivity contribution in [2.24, 2.45) is 5.92 Å². The fourth-order valence-electron chi connectivity index (χ4n) is 1.97. The van der Waals surface area contributed by atoms with Crippen molar-refractivity contribution < 1.29 is 14.7 Å². The number of hydrogen-bond donors (Lipinski definition) is 2. The van der Waals surface area contributed by atoms with Gasteiger partial charge >= 0.3 is 5.97 Å². The molecular formula is C15H19N5O3. The van der Waals surface area contributed by atoms with Gasteiger partial charge in [0.25, 0.3) is 0 Å². The fourth-order valence-corrected chi connectivity index (χ4v) is 1.97. The Balaban J connectivity index is 1.87. The highest BCUT2D eigenvalue weighted by atomic mass is 16.4. The lowest BCUT2D eigenvalue weighted by atomic mass is 10.1. The summed E-state index contributed by atoms with van der Waals surface area (Å²) in [6.45, 7) is 3.99. The predicted molar refractivity (Wildman–Crippen MR) is 82.4 cm³/mol. The van der Waals surface area contributed by atoms with Crippen molar-refractivity contribution in [1.82, 2.24) is 25.5 Å². The smallest absolute Gasteiger partial charge is 0.303 e. The second kappa shape index (κ2) is 7.48. The van der Waals surface area contributed by atoms with Gasteiger partial charge in [0, 0.05) is 18.5 Å². The number of aromatic nitrogens is 4. The molecule has 8 heteroatoms. The van der Waals surface area contributed by atoms with Gasteiger partial charge in [0.1, 0.15) is 6.54 Å². The summed E-state index contributed by atoms with van der Waals surface area (Å²) >= 11 is 0. The van der Waals surface area contributed by atoms with Crippen LogP contribution < -0.4 is 5.32 Å². The Morgan fingerprint density at radius 2 is 2.00 bits per heavy atom. The van der Waals surface area contributed by atoms with E-state index in [1.54, 1.807) is 6.92 Å². The molecule has 0 fully saturated rings. The maximum Gasteiger partial charge on any atom is 0.303 e. The van der Waals surface area contributed by atoms with Gasteiger partial charge in [0.15, 0.2) is 0 Å². The SMILES string of the molecule is Cc1ccc(-c2nnn(CC(=O)NCC(C)CC(=O)O)n2)cc1. The predicted octanol–water partition coefficient (Wildman–Crippen LogP) is 0.876. The Morgan fingerprint density at radius 3 is 2.65 bits per heavy atom.